The Morgan fingerprint density at radius 1 is 0.682 bits per heavy atom. The van der Waals surface area contributed by atoms with Gasteiger partial charge in [0, 0.05) is 11.8 Å². The summed E-state index contributed by atoms with van der Waals surface area (Å²) in [6, 6.07) is 0. The predicted molar refractivity (Wildman–Crippen MR) is 85.1 cm³/mol. The van der Waals surface area contributed by atoms with E-state index >= 15 is 0 Å². The molecular formula is C15H29N3O4. The van der Waals surface area contributed by atoms with Gasteiger partial charge in [0.2, 0.25) is 17.7 Å². The molecule has 22 heavy (non-hydrogen) atoms. The molecule has 0 radical (unpaired) electrons. The van der Waals surface area contributed by atoms with Gasteiger partial charge in [-0.2, -0.15) is 0 Å². The lowest BCUT2D eigenvalue weighted by Crippen LogP contribution is -2.43. The Morgan fingerprint density at radius 3 is 1.50 bits per heavy atom. The van der Waals surface area contributed by atoms with Crippen molar-refractivity contribution in [3.63, 3.8) is 0 Å². The van der Waals surface area contributed by atoms with E-state index in [0.717, 1.165) is 0 Å². The molecule has 0 aromatic rings. The van der Waals surface area contributed by atoms with Gasteiger partial charge < -0.3 is 16.0 Å². The van der Waals surface area contributed by atoms with E-state index in [9.17, 15) is 19.2 Å². The van der Waals surface area contributed by atoms with Crippen molar-refractivity contribution in [2.75, 3.05) is 19.6 Å². The van der Waals surface area contributed by atoms with Crippen molar-refractivity contribution >= 4 is 23.5 Å². The van der Waals surface area contributed by atoms with Crippen LogP contribution in [0.15, 0.2) is 0 Å². The van der Waals surface area contributed by atoms with Crippen LogP contribution >= 0.6 is 0 Å². The fraction of sp³-hybridized carbons (Fsp3) is 0.733. The molecule has 0 aliphatic carbocycles. The van der Waals surface area contributed by atoms with Gasteiger partial charge in [-0.1, -0.05) is 41.5 Å². The van der Waals surface area contributed by atoms with Gasteiger partial charge in [0.15, 0.2) is 5.78 Å². The third kappa shape index (κ3) is 11.9. The first-order valence-corrected chi connectivity index (χ1v) is 7.57. The number of hydrogen-bond acceptors (Lipinski definition) is 4. The minimum atomic E-state index is -0.454. The standard InChI is InChI=1S/C13H23N3O4.C2H6/c1-8(2)10(17)5-14-11(18)6-15-12(19)7-16-13(20)9(3)4;1-2/h8-9H,5-7H2,1-4H3,(H,14,18)(H,15,19)(H,16,20);1-2H3. The van der Waals surface area contributed by atoms with Crippen LogP contribution in [0, 0.1) is 11.8 Å². The average molecular weight is 315 g/mol. The van der Waals surface area contributed by atoms with Crippen LogP contribution in [0.25, 0.3) is 0 Å². The Labute approximate surface area is 132 Å². The van der Waals surface area contributed by atoms with Gasteiger partial charge in [-0.3, -0.25) is 19.2 Å². The smallest absolute Gasteiger partial charge is 0.239 e. The summed E-state index contributed by atoms with van der Waals surface area (Å²) in [6.07, 6.45) is 0. The van der Waals surface area contributed by atoms with E-state index in [1.807, 2.05) is 13.8 Å². The Bertz CT molecular complexity index is 343. The van der Waals surface area contributed by atoms with Crippen LogP contribution in [0.3, 0.4) is 0 Å². The Morgan fingerprint density at radius 2 is 1.09 bits per heavy atom. The van der Waals surface area contributed by atoms with E-state index in [-0.39, 0.29) is 43.2 Å². The molecule has 0 heterocycles. The Kier molecular flexibility index (Phi) is 13.0. The number of rotatable bonds is 8. The van der Waals surface area contributed by atoms with Gasteiger partial charge in [-0.05, 0) is 0 Å². The molecular weight excluding hydrogens is 286 g/mol. The van der Waals surface area contributed by atoms with Crippen LogP contribution in [-0.2, 0) is 19.2 Å². The third-order valence-corrected chi connectivity index (χ3v) is 2.50. The molecule has 0 fully saturated rings. The number of ketones is 1. The van der Waals surface area contributed by atoms with Crippen molar-refractivity contribution in [1.82, 2.24) is 16.0 Å². The lowest BCUT2D eigenvalue weighted by atomic mass is 10.1. The summed E-state index contributed by atoms with van der Waals surface area (Å²) in [5, 5.41) is 7.20. The molecule has 3 N–H and O–H groups in total. The van der Waals surface area contributed by atoms with Crippen molar-refractivity contribution in [3.8, 4) is 0 Å². The highest BCUT2D eigenvalue weighted by Crippen LogP contribution is 1.91. The number of carbonyl (C=O) groups excluding carboxylic acids is 4. The summed E-state index contributed by atoms with van der Waals surface area (Å²) < 4.78 is 0. The minimum absolute atomic E-state index is 0.0452. The summed E-state index contributed by atoms with van der Waals surface area (Å²) in [6.45, 7) is 10.5. The first-order valence-electron chi connectivity index (χ1n) is 7.57. The molecule has 3 amide bonds. The molecule has 0 rings (SSSR count). The number of nitrogens with one attached hydrogen (secondary N) is 3. The van der Waals surface area contributed by atoms with Crippen LogP contribution in [0.2, 0.25) is 0 Å². The largest absolute Gasteiger partial charge is 0.347 e. The van der Waals surface area contributed by atoms with Gasteiger partial charge in [0.1, 0.15) is 0 Å². The van der Waals surface area contributed by atoms with E-state index in [1.54, 1.807) is 27.7 Å². The SMILES string of the molecule is CC.CC(C)C(=O)CNC(=O)CNC(=O)CNC(=O)C(C)C. The Balaban J connectivity index is 0. The maximum atomic E-state index is 11.4. The van der Waals surface area contributed by atoms with Gasteiger partial charge in [-0.15, -0.1) is 0 Å². The fourth-order valence-electron chi connectivity index (χ4n) is 1.07. The maximum Gasteiger partial charge on any atom is 0.239 e. The minimum Gasteiger partial charge on any atom is -0.347 e. The molecule has 128 valence electrons. The highest BCUT2D eigenvalue weighted by Gasteiger charge is 2.11. The zero-order chi connectivity index (χ0) is 17.7. The monoisotopic (exact) mass is 315 g/mol. The van der Waals surface area contributed by atoms with Crippen molar-refractivity contribution in [1.29, 1.82) is 0 Å². The van der Waals surface area contributed by atoms with Crippen LogP contribution < -0.4 is 16.0 Å². The normalized spacial score (nSPS) is 9.64. The fourth-order valence-corrected chi connectivity index (χ4v) is 1.07. The number of amides is 3. The summed E-state index contributed by atoms with van der Waals surface area (Å²) in [7, 11) is 0. The molecule has 7 heteroatoms. The molecule has 0 saturated heterocycles. The lowest BCUT2D eigenvalue weighted by molar-refractivity contribution is -0.129. The zero-order valence-electron chi connectivity index (χ0n) is 14.4. The number of carbonyl (C=O) groups is 4. The van der Waals surface area contributed by atoms with E-state index < -0.39 is 11.8 Å². The Hall–Kier alpha value is -1.92. The summed E-state index contributed by atoms with van der Waals surface area (Å²) in [4.78, 5) is 45.2. The van der Waals surface area contributed by atoms with E-state index in [1.165, 1.54) is 0 Å². The van der Waals surface area contributed by atoms with E-state index in [2.05, 4.69) is 16.0 Å². The van der Waals surface area contributed by atoms with E-state index in [0.29, 0.717) is 0 Å². The molecule has 0 aliphatic rings. The summed E-state index contributed by atoms with van der Waals surface area (Å²) in [5.41, 5.74) is 0. The summed E-state index contributed by atoms with van der Waals surface area (Å²) in [5.74, 6) is -1.54. The average Bonchev–Trinajstić information content (AvgIpc) is 2.49. The molecule has 0 aromatic carbocycles. The second-order valence-electron chi connectivity index (χ2n) is 5.05. The highest BCUT2D eigenvalue weighted by molar-refractivity contribution is 5.90. The van der Waals surface area contributed by atoms with Gasteiger partial charge in [0.25, 0.3) is 0 Å². The molecule has 0 saturated carbocycles. The molecule has 0 unspecified atom stereocenters. The van der Waals surface area contributed by atoms with Crippen LogP contribution in [0.1, 0.15) is 41.5 Å². The van der Waals surface area contributed by atoms with Gasteiger partial charge in [0.05, 0.1) is 19.6 Å². The maximum absolute atomic E-state index is 11.4. The first kappa shape index (κ1) is 22.4. The molecule has 0 spiro atoms. The van der Waals surface area contributed by atoms with Crippen molar-refractivity contribution < 1.29 is 19.2 Å². The van der Waals surface area contributed by atoms with Crippen LogP contribution in [-0.4, -0.2) is 43.1 Å². The number of Topliss-reactive ketones (excluding diaryl/α,β-unsaturated/α-hetero) is 1. The first-order chi connectivity index (χ1) is 10.2. The molecule has 7 nitrogen and oxygen atoms in total. The zero-order valence-corrected chi connectivity index (χ0v) is 14.4. The summed E-state index contributed by atoms with van der Waals surface area (Å²) >= 11 is 0. The van der Waals surface area contributed by atoms with Gasteiger partial charge in [-0.25, -0.2) is 0 Å². The molecule has 0 bridgehead atoms. The number of hydrogen-bond donors (Lipinski definition) is 3. The highest BCUT2D eigenvalue weighted by atomic mass is 16.2. The molecule has 0 atom stereocenters. The van der Waals surface area contributed by atoms with Gasteiger partial charge >= 0.3 is 0 Å². The second-order valence-corrected chi connectivity index (χ2v) is 5.05. The predicted octanol–water partition coefficient (Wildman–Crippen LogP) is 0.242. The third-order valence-electron chi connectivity index (χ3n) is 2.50. The van der Waals surface area contributed by atoms with Crippen LogP contribution in [0.5, 0.6) is 0 Å². The quantitative estimate of drug-likeness (QED) is 0.597. The topological polar surface area (TPSA) is 104 Å². The second kappa shape index (κ2) is 12.8. The van der Waals surface area contributed by atoms with Crippen molar-refractivity contribution in [2.45, 2.75) is 41.5 Å². The molecule has 0 aliphatic heterocycles. The van der Waals surface area contributed by atoms with E-state index in [4.69, 9.17) is 0 Å². The molecule has 0 aromatic heterocycles. The van der Waals surface area contributed by atoms with Crippen LogP contribution in [0.4, 0.5) is 0 Å². The lowest BCUT2D eigenvalue weighted by Gasteiger charge is -2.09. The van der Waals surface area contributed by atoms with Crippen molar-refractivity contribution in [3.05, 3.63) is 0 Å². The van der Waals surface area contributed by atoms with Crippen molar-refractivity contribution in [2.24, 2.45) is 11.8 Å².